The summed E-state index contributed by atoms with van der Waals surface area (Å²) in [6, 6.07) is 3.69. The molecule has 0 radical (unpaired) electrons. The summed E-state index contributed by atoms with van der Waals surface area (Å²) in [7, 11) is 0. The SMILES string of the molecule is C#C[C@H]1CCN1c1cc2ncc(C(N)=O)cc2cn1. The average Bonchev–Trinajstić information content (AvgIpc) is 2.37. The molecule has 2 N–H and O–H groups in total. The van der Waals surface area contributed by atoms with Crippen LogP contribution < -0.4 is 10.6 Å². The zero-order valence-electron chi connectivity index (χ0n) is 10.2. The minimum absolute atomic E-state index is 0.120. The minimum Gasteiger partial charge on any atom is -0.366 e. The Bertz CT molecular complexity index is 704. The van der Waals surface area contributed by atoms with E-state index in [9.17, 15) is 4.79 Å². The fourth-order valence-electron chi connectivity index (χ4n) is 2.14. The highest BCUT2D eigenvalue weighted by Gasteiger charge is 2.27. The Labute approximate surface area is 110 Å². The Kier molecular flexibility index (Phi) is 2.57. The van der Waals surface area contributed by atoms with E-state index in [1.165, 1.54) is 6.20 Å². The molecule has 5 heteroatoms. The van der Waals surface area contributed by atoms with Gasteiger partial charge in [-0.25, -0.2) is 4.98 Å². The number of carbonyl (C=O) groups excluding carboxylic acids is 1. The molecule has 0 saturated carbocycles. The van der Waals surface area contributed by atoms with Gasteiger partial charge in [-0.05, 0) is 12.5 Å². The molecule has 3 rings (SSSR count). The van der Waals surface area contributed by atoms with Crippen LogP contribution >= 0.6 is 0 Å². The Morgan fingerprint density at radius 2 is 2.26 bits per heavy atom. The molecule has 1 saturated heterocycles. The lowest BCUT2D eigenvalue weighted by atomic mass is 10.0. The predicted molar refractivity (Wildman–Crippen MR) is 72.6 cm³/mol. The molecule has 94 valence electrons. The van der Waals surface area contributed by atoms with Crippen molar-refractivity contribution in [3.8, 4) is 12.3 Å². The van der Waals surface area contributed by atoms with E-state index in [2.05, 4.69) is 20.8 Å². The fraction of sp³-hybridized carbons (Fsp3) is 0.214. The number of primary amides is 1. The third-order valence-corrected chi connectivity index (χ3v) is 3.34. The van der Waals surface area contributed by atoms with Crippen molar-refractivity contribution in [2.45, 2.75) is 12.5 Å². The molecule has 19 heavy (non-hydrogen) atoms. The molecule has 0 aliphatic carbocycles. The number of hydrogen-bond donors (Lipinski definition) is 1. The smallest absolute Gasteiger partial charge is 0.250 e. The van der Waals surface area contributed by atoms with E-state index in [4.69, 9.17) is 12.2 Å². The van der Waals surface area contributed by atoms with E-state index in [0.717, 1.165) is 29.7 Å². The predicted octanol–water partition coefficient (Wildman–Crippen LogP) is 0.941. The standard InChI is InChI=1S/C14H12N4O/c1-2-11-3-4-18(11)13-6-12-9(7-17-13)5-10(8-16-12)14(15)19/h1,5-8,11H,3-4H2,(H2,15,19)/t11-/m0/s1. The normalized spacial score (nSPS) is 17.8. The number of fused-ring (bicyclic) bond motifs is 1. The van der Waals surface area contributed by atoms with Crippen molar-refractivity contribution in [2.75, 3.05) is 11.4 Å². The molecule has 0 aromatic carbocycles. The lowest BCUT2D eigenvalue weighted by molar-refractivity contribution is 0.1000. The number of anilines is 1. The second kappa shape index (κ2) is 4.25. The summed E-state index contributed by atoms with van der Waals surface area (Å²) < 4.78 is 0. The van der Waals surface area contributed by atoms with E-state index < -0.39 is 5.91 Å². The van der Waals surface area contributed by atoms with Crippen LogP contribution in [0.25, 0.3) is 10.9 Å². The maximum absolute atomic E-state index is 11.1. The van der Waals surface area contributed by atoms with Crippen molar-refractivity contribution >= 4 is 22.6 Å². The molecule has 3 heterocycles. The summed E-state index contributed by atoms with van der Waals surface area (Å²) in [5.74, 6) is 3.05. The number of amides is 1. The van der Waals surface area contributed by atoms with Crippen LogP contribution in [-0.4, -0.2) is 28.5 Å². The Balaban J connectivity index is 2.00. The molecule has 1 fully saturated rings. The lowest BCUT2D eigenvalue weighted by Crippen LogP contribution is -2.47. The van der Waals surface area contributed by atoms with Gasteiger partial charge in [0.15, 0.2) is 0 Å². The Hall–Kier alpha value is -2.61. The van der Waals surface area contributed by atoms with Gasteiger partial charge in [0, 0.05) is 30.4 Å². The van der Waals surface area contributed by atoms with Crippen molar-refractivity contribution in [1.29, 1.82) is 0 Å². The summed E-state index contributed by atoms with van der Waals surface area (Å²) in [6.07, 6.45) is 9.60. The van der Waals surface area contributed by atoms with Crippen molar-refractivity contribution in [2.24, 2.45) is 5.73 Å². The highest BCUT2D eigenvalue weighted by Crippen LogP contribution is 2.26. The maximum Gasteiger partial charge on any atom is 0.250 e. The molecule has 1 amide bonds. The quantitative estimate of drug-likeness (QED) is 0.807. The Morgan fingerprint density at radius 1 is 1.42 bits per heavy atom. The first-order valence-corrected chi connectivity index (χ1v) is 5.97. The molecule has 0 spiro atoms. The maximum atomic E-state index is 11.1. The van der Waals surface area contributed by atoms with Crippen molar-refractivity contribution in [3.63, 3.8) is 0 Å². The topological polar surface area (TPSA) is 72.1 Å². The number of nitrogens with zero attached hydrogens (tertiary/aromatic N) is 3. The molecule has 0 unspecified atom stereocenters. The van der Waals surface area contributed by atoms with Gasteiger partial charge in [-0.2, -0.15) is 0 Å². The van der Waals surface area contributed by atoms with Gasteiger partial charge in [0.05, 0.1) is 17.1 Å². The van der Waals surface area contributed by atoms with Gasteiger partial charge in [-0.3, -0.25) is 9.78 Å². The number of hydrogen-bond acceptors (Lipinski definition) is 4. The molecular formula is C14H12N4O. The number of terminal acetylenes is 1. The highest BCUT2D eigenvalue weighted by atomic mass is 16.1. The molecule has 1 aliphatic rings. The molecule has 0 bridgehead atoms. The van der Waals surface area contributed by atoms with Gasteiger partial charge in [0.2, 0.25) is 5.91 Å². The monoisotopic (exact) mass is 252 g/mol. The van der Waals surface area contributed by atoms with Gasteiger partial charge in [-0.1, -0.05) is 5.92 Å². The number of aromatic nitrogens is 2. The van der Waals surface area contributed by atoms with Gasteiger partial charge in [-0.15, -0.1) is 6.42 Å². The molecule has 1 aliphatic heterocycles. The van der Waals surface area contributed by atoms with Gasteiger partial charge >= 0.3 is 0 Å². The molecule has 2 aromatic rings. The van der Waals surface area contributed by atoms with Crippen LogP contribution in [0, 0.1) is 12.3 Å². The first-order chi connectivity index (χ1) is 9.19. The number of pyridine rings is 2. The van der Waals surface area contributed by atoms with Gasteiger partial charge in [0.1, 0.15) is 5.82 Å². The first kappa shape index (κ1) is 11.5. The molecule has 5 nitrogen and oxygen atoms in total. The van der Waals surface area contributed by atoms with E-state index in [1.807, 2.05) is 6.07 Å². The third-order valence-electron chi connectivity index (χ3n) is 3.34. The van der Waals surface area contributed by atoms with E-state index in [-0.39, 0.29) is 6.04 Å². The van der Waals surface area contributed by atoms with Gasteiger partial charge in [0.25, 0.3) is 0 Å². The van der Waals surface area contributed by atoms with E-state index >= 15 is 0 Å². The second-order valence-electron chi connectivity index (χ2n) is 4.49. The van der Waals surface area contributed by atoms with Crippen LogP contribution in [0.15, 0.2) is 24.5 Å². The largest absolute Gasteiger partial charge is 0.366 e. The van der Waals surface area contributed by atoms with Crippen LogP contribution in [0.2, 0.25) is 0 Å². The molecule has 1 atom stereocenters. The Morgan fingerprint density at radius 3 is 2.89 bits per heavy atom. The van der Waals surface area contributed by atoms with Crippen molar-refractivity contribution < 1.29 is 4.79 Å². The van der Waals surface area contributed by atoms with Crippen LogP contribution in [0.4, 0.5) is 5.82 Å². The highest BCUT2D eigenvalue weighted by molar-refractivity contribution is 5.96. The number of nitrogens with two attached hydrogens (primary N) is 1. The van der Waals surface area contributed by atoms with Crippen molar-refractivity contribution in [1.82, 2.24) is 9.97 Å². The van der Waals surface area contributed by atoms with Crippen LogP contribution in [0.3, 0.4) is 0 Å². The summed E-state index contributed by atoms with van der Waals surface area (Å²) in [5, 5.41) is 0.790. The third kappa shape index (κ3) is 1.87. The second-order valence-corrected chi connectivity index (χ2v) is 4.49. The molecule has 2 aromatic heterocycles. The summed E-state index contributed by atoms with van der Waals surface area (Å²) in [4.78, 5) is 21.7. The van der Waals surface area contributed by atoms with Crippen LogP contribution in [-0.2, 0) is 0 Å². The lowest BCUT2D eigenvalue weighted by Gasteiger charge is -2.38. The zero-order chi connectivity index (χ0) is 13.4. The van der Waals surface area contributed by atoms with Gasteiger partial charge < -0.3 is 10.6 Å². The average molecular weight is 252 g/mol. The number of rotatable bonds is 2. The summed E-state index contributed by atoms with van der Waals surface area (Å²) >= 11 is 0. The number of carbonyl (C=O) groups is 1. The van der Waals surface area contributed by atoms with E-state index in [1.54, 1.807) is 12.3 Å². The summed E-state index contributed by atoms with van der Waals surface area (Å²) in [6.45, 7) is 0.909. The fourth-order valence-corrected chi connectivity index (χ4v) is 2.14. The van der Waals surface area contributed by atoms with Crippen LogP contribution in [0.5, 0.6) is 0 Å². The van der Waals surface area contributed by atoms with Crippen LogP contribution in [0.1, 0.15) is 16.8 Å². The first-order valence-electron chi connectivity index (χ1n) is 5.97. The summed E-state index contributed by atoms with van der Waals surface area (Å²) in [5.41, 5.74) is 6.38. The zero-order valence-corrected chi connectivity index (χ0v) is 10.2. The van der Waals surface area contributed by atoms with E-state index in [0.29, 0.717) is 5.56 Å². The minimum atomic E-state index is -0.492. The van der Waals surface area contributed by atoms with Crippen molar-refractivity contribution in [3.05, 3.63) is 30.1 Å². The molecular weight excluding hydrogens is 240 g/mol.